The van der Waals surface area contributed by atoms with Crippen molar-refractivity contribution in [2.24, 2.45) is 5.10 Å². The summed E-state index contributed by atoms with van der Waals surface area (Å²) in [6, 6.07) is 7.78. The molecule has 1 aliphatic rings. The summed E-state index contributed by atoms with van der Waals surface area (Å²) in [5.74, 6) is -0.0427. The van der Waals surface area contributed by atoms with Gasteiger partial charge in [0.1, 0.15) is 0 Å². The van der Waals surface area contributed by atoms with Gasteiger partial charge in [0.25, 0.3) is 5.91 Å². The van der Waals surface area contributed by atoms with Gasteiger partial charge >= 0.3 is 0 Å². The lowest BCUT2D eigenvalue weighted by Crippen LogP contribution is -2.37. The van der Waals surface area contributed by atoms with E-state index in [1.165, 1.54) is 32.1 Å². The van der Waals surface area contributed by atoms with Gasteiger partial charge in [-0.1, -0.05) is 53.4 Å². The first-order valence-corrected chi connectivity index (χ1v) is 8.34. The second-order valence-electron chi connectivity index (χ2n) is 5.36. The van der Waals surface area contributed by atoms with E-state index >= 15 is 0 Å². The minimum atomic E-state index is -0.0427. The van der Waals surface area contributed by atoms with Gasteiger partial charge in [-0.2, -0.15) is 5.10 Å². The van der Waals surface area contributed by atoms with Crippen molar-refractivity contribution in [3.05, 3.63) is 34.3 Å². The Kier molecular flexibility index (Phi) is 6.89. The predicted octanol–water partition coefficient (Wildman–Crippen LogP) is 3.17. The second-order valence-corrected chi connectivity index (χ2v) is 6.21. The number of carbonyl (C=O) groups excluding carboxylic acids is 1. The summed E-state index contributed by atoms with van der Waals surface area (Å²) in [7, 11) is 0. The third-order valence-corrected chi connectivity index (χ3v) is 4.34. The van der Waals surface area contributed by atoms with Crippen LogP contribution in [0.25, 0.3) is 0 Å². The molecule has 1 aliphatic heterocycles. The molecule has 0 atom stereocenters. The van der Waals surface area contributed by atoms with Crippen molar-refractivity contribution in [3.63, 3.8) is 0 Å². The number of rotatable bonds is 4. The van der Waals surface area contributed by atoms with E-state index < -0.39 is 0 Å². The van der Waals surface area contributed by atoms with Gasteiger partial charge in [0.05, 0.1) is 12.8 Å². The fraction of sp³-hybridized carbons (Fsp3) is 0.500. The predicted molar refractivity (Wildman–Crippen MR) is 89.4 cm³/mol. The molecule has 0 bridgehead atoms. The lowest BCUT2D eigenvalue weighted by molar-refractivity contribution is -0.122. The third kappa shape index (κ3) is 5.98. The lowest BCUT2D eigenvalue weighted by atomic mass is 10.1. The monoisotopic (exact) mass is 351 g/mol. The Morgan fingerprint density at radius 2 is 1.86 bits per heavy atom. The van der Waals surface area contributed by atoms with Crippen LogP contribution in [0.2, 0.25) is 0 Å². The number of nitrogens with zero attached hydrogens (tertiary/aromatic N) is 2. The van der Waals surface area contributed by atoms with E-state index in [0.29, 0.717) is 6.54 Å². The van der Waals surface area contributed by atoms with E-state index in [9.17, 15) is 4.79 Å². The first-order chi connectivity index (χ1) is 10.3. The molecule has 1 fully saturated rings. The van der Waals surface area contributed by atoms with Crippen LogP contribution in [0.1, 0.15) is 37.7 Å². The highest BCUT2D eigenvalue weighted by atomic mass is 79.9. The van der Waals surface area contributed by atoms with Gasteiger partial charge in [0, 0.05) is 10.0 Å². The van der Waals surface area contributed by atoms with Gasteiger partial charge in [-0.05, 0) is 32.0 Å². The van der Waals surface area contributed by atoms with Crippen LogP contribution in [-0.2, 0) is 4.79 Å². The molecule has 1 aromatic rings. The molecule has 0 saturated carbocycles. The van der Waals surface area contributed by atoms with Crippen LogP contribution in [0.15, 0.2) is 33.8 Å². The SMILES string of the molecule is O=C(CN1CCCCCCC1)NN=Cc1ccccc1Br. The van der Waals surface area contributed by atoms with Gasteiger partial charge in [-0.3, -0.25) is 9.69 Å². The fourth-order valence-electron chi connectivity index (χ4n) is 2.46. The Labute approximate surface area is 134 Å². The molecule has 0 radical (unpaired) electrons. The second kappa shape index (κ2) is 8.95. The van der Waals surface area contributed by atoms with Gasteiger partial charge in [-0.15, -0.1) is 0 Å². The van der Waals surface area contributed by atoms with E-state index in [0.717, 1.165) is 23.1 Å². The van der Waals surface area contributed by atoms with Crippen molar-refractivity contribution in [2.45, 2.75) is 32.1 Å². The molecule has 114 valence electrons. The number of nitrogens with one attached hydrogen (secondary N) is 1. The molecule has 0 spiro atoms. The maximum atomic E-state index is 11.9. The number of amides is 1. The van der Waals surface area contributed by atoms with Crippen molar-refractivity contribution in [1.29, 1.82) is 0 Å². The molecule has 0 aromatic heterocycles. The van der Waals surface area contributed by atoms with Crippen LogP contribution in [0.4, 0.5) is 0 Å². The first kappa shape index (κ1) is 16.2. The molecule has 2 rings (SSSR count). The Morgan fingerprint density at radius 1 is 1.19 bits per heavy atom. The number of hydrogen-bond donors (Lipinski definition) is 1. The van der Waals surface area contributed by atoms with E-state index in [2.05, 4.69) is 31.4 Å². The number of hydrazone groups is 1. The van der Waals surface area contributed by atoms with Gasteiger partial charge in [-0.25, -0.2) is 5.43 Å². The average molecular weight is 352 g/mol. The van der Waals surface area contributed by atoms with Gasteiger partial charge in [0.15, 0.2) is 0 Å². The standard InChI is InChI=1S/C16H22BrN3O/c17-15-9-5-4-8-14(15)12-18-19-16(21)13-20-10-6-2-1-3-7-11-20/h4-5,8-9,12H,1-3,6-7,10-11,13H2,(H,19,21). The highest BCUT2D eigenvalue weighted by molar-refractivity contribution is 9.10. The Morgan fingerprint density at radius 3 is 2.57 bits per heavy atom. The summed E-state index contributed by atoms with van der Waals surface area (Å²) in [6.07, 6.45) is 7.92. The van der Waals surface area contributed by atoms with Crippen molar-refractivity contribution >= 4 is 28.1 Å². The molecule has 1 aromatic carbocycles. The Hall–Kier alpha value is -1.20. The van der Waals surface area contributed by atoms with Crippen molar-refractivity contribution in [1.82, 2.24) is 10.3 Å². The van der Waals surface area contributed by atoms with Gasteiger partial charge in [0.2, 0.25) is 0 Å². The molecular formula is C16H22BrN3O. The zero-order valence-corrected chi connectivity index (χ0v) is 13.8. The molecule has 21 heavy (non-hydrogen) atoms. The number of halogens is 1. The van der Waals surface area contributed by atoms with Crippen molar-refractivity contribution < 1.29 is 4.79 Å². The highest BCUT2D eigenvalue weighted by Crippen LogP contribution is 2.13. The van der Waals surface area contributed by atoms with Gasteiger partial charge < -0.3 is 0 Å². The summed E-state index contributed by atoms with van der Waals surface area (Å²) in [5, 5.41) is 4.03. The summed E-state index contributed by atoms with van der Waals surface area (Å²) in [6.45, 7) is 2.47. The van der Waals surface area contributed by atoms with E-state index in [-0.39, 0.29) is 5.91 Å². The maximum Gasteiger partial charge on any atom is 0.254 e. The van der Waals surface area contributed by atoms with Crippen LogP contribution in [-0.4, -0.2) is 36.7 Å². The zero-order valence-electron chi connectivity index (χ0n) is 12.2. The minimum absolute atomic E-state index is 0.0427. The lowest BCUT2D eigenvalue weighted by Gasteiger charge is -2.23. The Balaban J connectivity index is 1.77. The van der Waals surface area contributed by atoms with E-state index in [1.54, 1.807) is 6.21 Å². The van der Waals surface area contributed by atoms with Crippen LogP contribution in [0, 0.1) is 0 Å². The number of carbonyl (C=O) groups is 1. The molecule has 0 unspecified atom stereocenters. The molecule has 0 aliphatic carbocycles. The summed E-state index contributed by atoms with van der Waals surface area (Å²) < 4.78 is 0.965. The minimum Gasteiger partial charge on any atom is -0.294 e. The molecule has 5 heteroatoms. The topological polar surface area (TPSA) is 44.7 Å². The summed E-state index contributed by atoms with van der Waals surface area (Å²) in [4.78, 5) is 14.1. The van der Waals surface area contributed by atoms with Crippen LogP contribution < -0.4 is 5.43 Å². The molecule has 1 N–H and O–H groups in total. The van der Waals surface area contributed by atoms with Crippen molar-refractivity contribution in [3.8, 4) is 0 Å². The number of likely N-dealkylation sites (tertiary alicyclic amines) is 1. The van der Waals surface area contributed by atoms with Crippen LogP contribution in [0.3, 0.4) is 0 Å². The number of benzene rings is 1. The highest BCUT2D eigenvalue weighted by Gasteiger charge is 2.11. The quantitative estimate of drug-likeness (QED) is 0.668. The first-order valence-electron chi connectivity index (χ1n) is 7.54. The normalized spacial score (nSPS) is 17.4. The van der Waals surface area contributed by atoms with Crippen molar-refractivity contribution in [2.75, 3.05) is 19.6 Å². The molecule has 4 nitrogen and oxygen atoms in total. The average Bonchev–Trinajstić information content (AvgIpc) is 2.44. The van der Waals surface area contributed by atoms with Crippen LogP contribution in [0.5, 0.6) is 0 Å². The smallest absolute Gasteiger partial charge is 0.254 e. The largest absolute Gasteiger partial charge is 0.294 e. The van der Waals surface area contributed by atoms with E-state index in [4.69, 9.17) is 0 Å². The third-order valence-electron chi connectivity index (χ3n) is 3.61. The molecule has 1 amide bonds. The zero-order chi connectivity index (χ0) is 14.9. The van der Waals surface area contributed by atoms with E-state index in [1.807, 2.05) is 24.3 Å². The maximum absolute atomic E-state index is 11.9. The molecular weight excluding hydrogens is 330 g/mol. The summed E-state index contributed by atoms with van der Waals surface area (Å²) >= 11 is 3.45. The fourth-order valence-corrected chi connectivity index (χ4v) is 2.85. The molecule has 1 heterocycles. The summed E-state index contributed by atoms with van der Waals surface area (Å²) in [5.41, 5.74) is 3.56. The van der Waals surface area contributed by atoms with Crippen LogP contribution >= 0.6 is 15.9 Å². The number of hydrogen-bond acceptors (Lipinski definition) is 3. The molecule has 1 saturated heterocycles. The Bertz CT molecular complexity index is 482.